The van der Waals surface area contributed by atoms with Crippen LogP contribution in [-0.2, 0) is 11.3 Å². The van der Waals surface area contributed by atoms with Gasteiger partial charge in [0.05, 0.1) is 12.3 Å². The molecule has 0 spiro atoms. The molecule has 0 aliphatic carbocycles. The van der Waals surface area contributed by atoms with Crippen molar-refractivity contribution in [2.24, 2.45) is 0 Å². The average Bonchev–Trinajstić information content (AvgIpc) is 3.05. The second-order valence-electron chi connectivity index (χ2n) is 5.09. The van der Waals surface area contributed by atoms with Crippen molar-refractivity contribution >= 4 is 22.1 Å². The monoisotopic (exact) mass is 310 g/mol. The van der Waals surface area contributed by atoms with Gasteiger partial charge in [0.25, 0.3) is 0 Å². The third kappa shape index (κ3) is 3.96. The van der Waals surface area contributed by atoms with E-state index in [0.717, 1.165) is 56.4 Å². The Kier molecular flexibility index (Phi) is 6.48. The highest BCUT2D eigenvalue weighted by Crippen LogP contribution is 2.25. The molecule has 0 amide bonds. The fourth-order valence-corrected chi connectivity index (χ4v) is 3.21. The first kappa shape index (κ1) is 16.3. The second-order valence-corrected chi connectivity index (χ2v) is 5.97. The van der Waals surface area contributed by atoms with Gasteiger partial charge < -0.3 is 15.0 Å². The summed E-state index contributed by atoms with van der Waals surface area (Å²) in [6.07, 6.45) is 4.39. The predicted octanol–water partition coefficient (Wildman–Crippen LogP) is 2.76. The van der Waals surface area contributed by atoms with Gasteiger partial charge in [-0.05, 0) is 12.8 Å². The van der Waals surface area contributed by atoms with Crippen LogP contribution in [0.3, 0.4) is 0 Å². The molecule has 0 saturated heterocycles. The van der Waals surface area contributed by atoms with Crippen LogP contribution in [-0.4, -0.2) is 42.7 Å². The van der Waals surface area contributed by atoms with Gasteiger partial charge in [-0.15, -0.1) is 11.3 Å². The van der Waals surface area contributed by atoms with Crippen LogP contribution in [0.25, 0.3) is 4.96 Å². The summed E-state index contributed by atoms with van der Waals surface area (Å²) >= 11 is 1.69. The summed E-state index contributed by atoms with van der Waals surface area (Å²) in [6, 6.07) is 0. The van der Waals surface area contributed by atoms with Gasteiger partial charge in [0.15, 0.2) is 10.8 Å². The van der Waals surface area contributed by atoms with Crippen molar-refractivity contribution in [1.82, 2.24) is 14.7 Å². The Hall–Kier alpha value is -1.11. The summed E-state index contributed by atoms with van der Waals surface area (Å²) in [5.41, 5.74) is 1.25. The quantitative estimate of drug-likeness (QED) is 0.685. The molecule has 0 aliphatic heterocycles. The van der Waals surface area contributed by atoms with Gasteiger partial charge in [-0.1, -0.05) is 13.8 Å². The van der Waals surface area contributed by atoms with Crippen LogP contribution in [0.15, 0.2) is 11.6 Å². The van der Waals surface area contributed by atoms with E-state index in [-0.39, 0.29) is 0 Å². The molecule has 0 unspecified atom stereocenters. The molecule has 0 aromatic carbocycles. The van der Waals surface area contributed by atoms with Crippen LogP contribution in [0.5, 0.6) is 0 Å². The summed E-state index contributed by atoms with van der Waals surface area (Å²) in [5.74, 6) is 1.13. The number of hydrogen-bond acceptors (Lipinski definition) is 5. The lowest BCUT2D eigenvalue weighted by Gasteiger charge is -2.22. The first-order chi connectivity index (χ1) is 10.3. The lowest BCUT2D eigenvalue weighted by Crippen LogP contribution is -2.28. The number of rotatable bonds is 10. The summed E-state index contributed by atoms with van der Waals surface area (Å²) in [4.78, 5) is 8.33. The molecule has 2 rings (SSSR count). The Morgan fingerprint density at radius 1 is 1.33 bits per heavy atom. The number of methoxy groups -OCH3 is 1. The number of ether oxygens (including phenoxy) is 1. The zero-order valence-electron chi connectivity index (χ0n) is 13.3. The Bertz CT molecular complexity index is 531. The molecule has 5 nitrogen and oxygen atoms in total. The minimum atomic E-state index is 0.731. The first-order valence-corrected chi connectivity index (χ1v) is 8.58. The molecule has 0 fully saturated rings. The van der Waals surface area contributed by atoms with E-state index in [1.807, 2.05) is 0 Å². The van der Waals surface area contributed by atoms with Gasteiger partial charge >= 0.3 is 0 Å². The minimum Gasteiger partial charge on any atom is -0.383 e. The molecule has 2 aromatic heterocycles. The molecular formula is C15H26N4OS. The lowest BCUT2D eigenvalue weighted by molar-refractivity contribution is 0.199. The van der Waals surface area contributed by atoms with Crippen LogP contribution >= 0.6 is 11.3 Å². The van der Waals surface area contributed by atoms with Gasteiger partial charge in [0.1, 0.15) is 0 Å². The average molecular weight is 310 g/mol. The Morgan fingerprint density at radius 3 is 2.76 bits per heavy atom. The number of hydrogen-bond donors (Lipinski definition) is 1. The third-order valence-corrected chi connectivity index (χ3v) is 4.16. The van der Waals surface area contributed by atoms with Gasteiger partial charge in [0, 0.05) is 44.9 Å². The molecule has 0 atom stereocenters. The lowest BCUT2D eigenvalue weighted by atomic mass is 10.3. The maximum absolute atomic E-state index is 5.10. The van der Waals surface area contributed by atoms with Gasteiger partial charge in [-0.2, -0.15) is 0 Å². The molecule has 0 aliphatic rings. The first-order valence-electron chi connectivity index (χ1n) is 7.70. The SMILES string of the molecule is CCCN(CCC)c1nc2sccn2c1CNCCOC. The van der Waals surface area contributed by atoms with E-state index >= 15 is 0 Å². The Balaban J connectivity index is 2.21. The van der Waals surface area contributed by atoms with Crippen molar-refractivity contribution in [3.8, 4) is 0 Å². The molecule has 21 heavy (non-hydrogen) atoms. The standard InChI is InChI=1S/C15H26N4OS/c1-4-7-18(8-5-2)14-13(12-16-6-10-20-3)19-9-11-21-15(19)17-14/h9,11,16H,4-8,10,12H2,1-3H3. The van der Waals surface area contributed by atoms with Crippen LogP contribution < -0.4 is 10.2 Å². The number of imidazole rings is 1. The molecule has 2 aromatic rings. The molecule has 0 bridgehead atoms. The summed E-state index contributed by atoms with van der Waals surface area (Å²) in [6.45, 7) is 8.96. The molecule has 1 N–H and O–H groups in total. The molecular weight excluding hydrogens is 284 g/mol. The van der Waals surface area contributed by atoms with E-state index < -0.39 is 0 Å². The van der Waals surface area contributed by atoms with Gasteiger partial charge in [-0.25, -0.2) is 4.98 Å². The second kappa shape index (κ2) is 8.36. The van der Waals surface area contributed by atoms with Gasteiger partial charge in [-0.3, -0.25) is 4.40 Å². The van der Waals surface area contributed by atoms with Gasteiger partial charge in [0.2, 0.25) is 0 Å². The van der Waals surface area contributed by atoms with Crippen LogP contribution in [0.4, 0.5) is 5.82 Å². The van der Waals surface area contributed by atoms with Crippen LogP contribution in [0.2, 0.25) is 0 Å². The maximum atomic E-state index is 5.10. The Labute approximate surface area is 130 Å². The van der Waals surface area contributed by atoms with E-state index in [0.29, 0.717) is 0 Å². The van der Waals surface area contributed by atoms with Crippen molar-refractivity contribution < 1.29 is 4.74 Å². The smallest absolute Gasteiger partial charge is 0.195 e. The van der Waals surface area contributed by atoms with Crippen molar-refractivity contribution in [2.45, 2.75) is 33.2 Å². The third-order valence-electron chi connectivity index (χ3n) is 3.40. The molecule has 0 saturated carbocycles. The number of nitrogens with one attached hydrogen (secondary N) is 1. The highest BCUT2D eigenvalue weighted by Gasteiger charge is 2.17. The van der Waals surface area contributed by atoms with Crippen molar-refractivity contribution in [3.05, 3.63) is 17.3 Å². The van der Waals surface area contributed by atoms with E-state index in [1.165, 1.54) is 5.69 Å². The van der Waals surface area contributed by atoms with Crippen molar-refractivity contribution in [3.63, 3.8) is 0 Å². The molecule has 0 radical (unpaired) electrons. The van der Waals surface area contributed by atoms with Crippen molar-refractivity contribution in [1.29, 1.82) is 0 Å². The minimum absolute atomic E-state index is 0.731. The number of nitrogens with zero attached hydrogens (tertiary/aromatic N) is 3. The van der Waals surface area contributed by atoms with Crippen LogP contribution in [0.1, 0.15) is 32.4 Å². The molecule has 6 heteroatoms. The summed E-state index contributed by atoms with van der Waals surface area (Å²) in [5, 5.41) is 5.53. The topological polar surface area (TPSA) is 41.8 Å². The highest BCUT2D eigenvalue weighted by atomic mass is 32.1. The summed E-state index contributed by atoms with van der Waals surface area (Å²) in [7, 11) is 1.73. The van der Waals surface area contributed by atoms with E-state index in [4.69, 9.17) is 9.72 Å². The number of anilines is 1. The predicted molar refractivity (Wildman–Crippen MR) is 89.4 cm³/mol. The number of aromatic nitrogens is 2. The normalized spacial score (nSPS) is 11.4. The van der Waals surface area contributed by atoms with E-state index in [9.17, 15) is 0 Å². The fourth-order valence-electron chi connectivity index (χ4n) is 2.48. The molecule has 2 heterocycles. The molecule has 118 valence electrons. The number of fused-ring (bicyclic) bond motifs is 1. The fraction of sp³-hybridized carbons (Fsp3) is 0.667. The largest absolute Gasteiger partial charge is 0.383 e. The van der Waals surface area contributed by atoms with E-state index in [1.54, 1.807) is 18.4 Å². The number of thiazole rings is 1. The maximum Gasteiger partial charge on any atom is 0.195 e. The van der Waals surface area contributed by atoms with E-state index in [2.05, 4.69) is 40.0 Å². The Morgan fingerprint density at radius 2 is 2.10 bits per heavy atom. The van der Waals surface area contributed by atoms with Crippen molar-refractivity contribution in [2.75, 3.05) is 38.3 Å². The zero-order chi connectivity index (χ0) is 15.1. The van der Waals surface area contributed by atoms with Crippen LogP contribution in [0, 0.1) is 0 Å². The zero-order valence-corrected chi connectivity index (χ0v) is 14.1. The summed E-state index contributed by atoms with van der Waals surface area (Å²) < 4.78 is 7.30. The highest BCUT2D eigenvalue weighted by molar-refractivity contribution is 7.15.